The fourth-order valence-corrected chi connectivity index (χ4v) is 1.10. The SMILES string of the molecule is NC(CNc1ccc(Cl)cc1F)C(=O)O. The predicted octanol–water partition coefficient (Wildman–Crippen LogP) is 1.30. The molecule has 82 valence electrons. The van der Waals surface area contributed by atoms with Gasteiger partial charge in [-0.15, -0.1) is 0 Å². The molecule has 15 heavy (non-hydrogen) atoms. The number of hydrogen-bond acceptors (Lipinski definition) is 3. The second-order valence-electron chi connectivity index (χ2n) is 2.95. The van der Waals surface area contributed by atoms with Crippen molar-refractivity contribution in [3.63, 3.8) is 0 Å². The van der Waals surface area contributed by atoms with Gasteiger partial charge >= 0.3 is 5.97 Å². The van der Waals surface area contributed by atoms with Gasteiger partial charge in [-0.1, -0.05) is 11.6 Å². The van der Waals surface area contributed by atoms with Crippen molar-refractivity contribution in [2.75, 3.05) is 11.9 Å². The molecule has 0 aliphatic rings. The lowest BCUT2D eigenvalue weighted by Crippen LogP contribution is -2.37. The van der Waals surface area contributed by atoms with Crippen LogP contribution in [0.4, 0.5) is 10.1 Å². The van der Waals surface area contributed by atoms with Crippen LogP contribution in [0.3, 0.4) is 0 Å². The Kier molecular flexibility index (Phi) is 3.88. The number of carboxylic acids is 1. The molecule has 1 atom stereocenters. The molecule has 1 aromatic carbocycles. The van der Waals surface area contributed by atoms with Crippen molar-refractivity contribution < 1.29 is 14.3 Å². The van der Waals surface area contributed by atoms with Crippen LogP contribution in [0.15, 0.2) is 18.2 Å². The summed E-state index contributed by atoms with van der Waals surface area (Å²) in [6.45, 7) is -0.0477. The molecule has 4 nitrogen and oxygen atoms in total. The first-order chi connectivity index (χ1) is 7.00. The van der Waals surface area contributed by atoms with Gasteiger partial charge in [0.15, 0.2) is 0 Å². The molecule has 0 saturated heterocycles. The molecule has 0 bridgehead atoms. The summed E-state index contributed by atoms with van der Waals surface area (Å²) in [4.78, 5) is 10.4. The fraction of sp³-hybridized carbons (Fsp3) is 0.222. The predicted molar refractivity (Wildman–Crippen MR) is 55.5 cm³/mol. The first kappa shape index (κ1) is 11.7. The average Bonchev–Trinajstić information content (AvgIpc) is 2.15. The molecule has 1 rings (SSSR count). The fourth-order valence-electron chi connectivity index (χ4n) is 0.940. The van der Waals surface area contributed by atoms with Gasteiger partial charge in [-0.05, 0) is 18.2 Å². The quantitative estimate of drug-likeness (QED) is 0.732. The van der Waals surface area contributed by atoms with E-state index in [2.05, 4.69) is 5.32 Å². The summed E-state index contributed by atoms with van der Waals surface area (Å²) in [5.74, 6) is -1.68. The summed E-state index contributed by atoms with van der Waals surface area (Å²) in [5.41, 5.74) is 5.41. The third-order valence-electron chi connectivity index (χ3n) is 1.76. The van der Waals surface area contributed by atoms with Gasteiger partial charge in [0.2, 0.25) is 0 Å². The Morgan fingerprint density at radius 2 is 2.33 bits per heavy atom. The Hall–Kier alpha value is -1.33. The zero-order valence-corrected chi connectivity index (χ0v) is 8.46. The van der Waals surface area contributed by atoms with Gasteiger partial charge in [0, 0.05) is 11.6 Å². The number of halogens is 2. The molecule has 0 aromatic heterocycles. The highest BCUT2D eigenvalue weighted by atomic mass is 35.5. The Morgan fingerprint density at radius 1 is 1.67 bits per heavy atom. The lowest BCUT2D eigenvalue weighted by molar-refractivity contribution is -0.138. The summed E-state index contributed by atoms with van der Waals surface area (Å²) in [7, 11) is 0. The minimum absolute atomic E-state index is 0.0477. The third kappa shape index (κ3) is 3.38. The van der Waals surface area contributed by atoms with Crippen molar-refractivity contribution in [1.29, 1.82) is 0 Å². The molecular formula is C9H10ClFN2O2. The Labute approximate surface area is 90.8 Å². The summed E-state index contributed by atoms with van der Waals surface area (Å²) in [5, 5.41) is 11.4. The van der Waals surface area contributed by atoms with Crippen molar-refractivity contribution in [2.24, 2.45) is 5.73 Å². The van der Waals surface area contributed by atoms with Gasteiger partial charge in [0.05, 0.1) is 5.69 Å². The van der Waals surface area contributed by atoms with Gasteiger partial charge in [-0.3, -0.25) is 4.79 Å². The second-order valence-corrected chi connectivity index (χ2v) is 3.39. The normalized spacial score (nSPS) is 12.2. The van der Waals surface area contributed by atoms with E-state index in [-0.39, 0.29) is 17.3 Å². The summed E-state index contributed by atoms with van der Waals surface area (Å²) in [6.07, 6.45) is 0. The molecule has 0 aliphatic carbocycles. The van der Waals surface area contributed by atoms with Crippen molar-refractivity contribution in [3.05, 3.63) is 29.0 Å². The minimum atomic E-state index is -1.14. The number of hydrogen-bond donors (Lipinski definition) is 3. The number of anilines is 1. The van der Waals surface area contributed by atoms with E-state index in [9.17, 15) is 9.18 Å². The molecule has 0 radical (unpaired) electrons. The first-order valence-corrected chi connectivity index (χ1v) is 4.56. The lowest BCUT2D eigenvalue weighted by atomic mass is 10.2. The van der Waals surface area contributed by atoms with Crippen LogP contribution in [0.5, 0.6) is 0 Å². The number of aliphatic carboxylic acids is 1. The van der Waals surface area contributed by atoms with E-state index in [0.717, 1.165) is 6.07 Å². The maximum Gasteiger partial charge on any atom is 0.322 e. The highest BCUT2D eigenvalue weighted by Crippen LogP contribution is 2.18. The van der Waals surface area contributed by atoms with E-state index >= 15 is 0 Å². The maximum absolute atomic E-state index is 13.2. The van der Waals surface area contributed by atoms with Crippen LogP contribution >= 0.6 is 11.6 Å². The summed E-state index contributed by atoms with van der Waals surface area (Å²) < 4.78 is 13.2. The smallest absolute Gasteiger partial charge is 0.322 e. The molecule has 4 N–H and O–H groups in total. The van der Waals surface area contributed by atoms with Crippen LogP contribution in [0, 0.1) is 5.82 Å². The van der Waals surface area contributed by atoms with Crippen molar-refractivity contribution in [1.82, 2.24) is 0 Å². The zero-order valence-electron chi connectivity index (χ0n) is 7.71. The number of carbonyl (C=O) groups is 1. The number of carboxylic acid groups (broad SMARTS) is 1. The molecule has 6 heteroatoms. The monoisotopic (exact) mass is 232 g/mol. The standard InChI is InChI=1S/C9H10ClFN2O2/c10-5-1-2-8(6(11)3-5)13-4-7(12)9(14)15/h1-3,7,13H,4,12H2,(H,14,15). The summed E-state index contributed by atoms with van der Waals surface area (Å²) >= 11 is 5.54. The molecule has 0 spiro atoms. The van der Waals surface area contributed by atoms with Gasteiger partial charge < -0.3 is 16.2 Å². The number of benzene rings is 1. The first-order valence-electron chi connectivity index (χ1n) is 4.18. The molecule has 1 aromatic rings. The second kappa shape index (κ2) is 4.95. The van der Waals surface area contributed by atoms with Crippen LogP contribution < -0.4 is 11.1 Å². The number of nitrogens with two attached hydrogens (primary N) is 1. The Balaban J connectivity index is 2.62. The third-order valence-corrected chi connectivity index (χ3v) is 2.00. The summed E-state index contributed by atoms with van der Waals surface area (Å²) in [6, 6.07) is 2.99. The van der Waals surface area contributed by atoms with E-state index < -0.39 is 17.8 Å². The van der Waals surface area contributed by atoms with Crippen molar-refractivity contribution >= 4 is 23.3 Å². The minimum Gasteiger partial charge on any atom is -0.480 e. The zero-order chi connectivity index (χ0) is 11.4. The molecular weight excluding hydrogens is 223 g/mol. The van der Waals surface area contributed by atoms with E-state index in [4.69, 9.17) is 22.4 Å². The molecule has 0 amide bonds. The van der Waals surface area contributed by atoms with Gasteiger partial charge in [0.1, 0.15) is 11.9 Å². The van der Waals surface area contributed by atoms with Gasteiger partial charge in [-0.2, -0.15) is 0 Å². The number of nitrogens with one attached hydrogen (secondary N) is 1. The van der Waals surface area contributed by atoms with E-state index in [1.54, 1.807) is 0 Å². The van der Waals surface area contributed by atoms with Gasteiger partial charge in [-0.25, -0.2) is 4.39 Å². The highest BCUT2D eigenvalue weighted by Gasteiger charge is 2.11. The molecule has 0 fully saturated rings. The van der Waals surface area contributed by atoms with Crippen LogP contribution in [-0.2, 0) is 4.79 Å². The van der Waals surface area contributed by atoms with Crippen LogP contribution in [0.25, 0.3) is 0 Å². The lowest BCUT2D eigenvalue weighted by Gasteiger charge is -2.10. The molecule has 0 saturated carbocycles. The van der Waals surface area contributed by atoms with Crippen LogP contribution in [0.2, 0.25) is 5.02 Å². The molecule has 0 aliphatic heterocycles. The molecule has 0 heterocycles. The maximum atomic E-state index is 13.2. The largest absolute Gasteiger partial charge is 0.480 e. The van der Waals surface area contributed by atoms with E-state index in [1.165, 1.54) is 12.1 Å². The number of rotatable bonds is 4. The van der Waals surface area contributed by atoms with E-state index in [1.807, 2.05) is 0 Å². The average molecular weight is 233 g/mol. The van der Waals surface area contributed by atoms with E-state index in [0.29, 0.717) is 0 Å². The Bertz CT molecular complexity index is 373. The highest BCUT2D eigenvalue weighted by molar-refractivity contribution is 6.30. The van der Waals surface area contributed by atoms with Crippen molar-refractivity contribution in [3.8, 4) is 0 Å². The Morgan fingerprint density at radius 3 is 2.87 bits per heavy atom. The molecule has 1 unspecified atom stereocenters. The van der Waals surface area contributed by atoms with Crippen LogP contribution in [-0.4, -0.2) is 23.7 Å². The van der Waals surface area contributed by atoms with Crippen molar-refractivity contribution in [2.45, 2.75) is 6.04 Å². The topological polar surface area (TPSA) is 75.3 Å². The van der Waals surface area contributed by atoms with Gasteiger partial charge in [0.25, 0.3) is 0 Å². The van der Waals surface area contributed by atoms with Crippen LogP contribution in [0.1, 0.15) is 0 Å².